The molecular formula is C22H21ClN2O4S. The lowest BCUT2D eigenvalue weighted by Gasteiger charge is -2.16. The first kappa shape index (κ1) is 21.7. The van der Waals surface area contributed by atoms with Gasteiger partial charge in [0.2, 0.25) is 0 Å². The molecule has 1 amide bonds. The predicted octanol–water partition coefficient (Wildman–Crippen LogP) is 4.64. The van der Waals surface area contributed by atoms with Crippen molar-refractivity contribution in [2.45, 2.75) is 17.9 Å². The van der Waals surface area contributed by atoms with Crippen LogP contribution >= 0.6 is 11.6 Å². The van der Waals surface area contributed by atoms with Crippen LogP contribution in [0.2, 0.25) is 5.02 Å². The lowest BCUT2D eigenvalue weighted by molar-refractivity contribution is 0.0940. The maximum atomic E-state index is 12.6. The second-order valence-electron chi connectivity index (χ2n) is 6.58. The van der Waals surface area contributed by atoms with Crippen LogP contribution < -0.4 is 14.8 Å². The van der Waals surface area contributed by atoms with E-state index in [1.807, 2.05) is 31.2 Å². The van der Waals surface area contributed by atoms with Crippen LogP contribution in [-0.2, 0) is 10.0 Å². The smallest absolute Gasteiger partial charge is 0.261 e. The molecule has 0 heterocycles. The van der Waals surface area contributed by atoms with Crippen LogP contribution in [0.25, 0.3) is 0 Å². The van der Waals surface area contributed by atoms with E-state index < -0.39 is 10.0 Å². The van der Waals surface area contributed by atoms with Crippen molar-refractivity contribution in [3.05, 3.63) is 88.9 Å². The molecule has 0 aliphatic heterocycles. The minimum Gasteiger partial charge on any atom is -0.497 e. The number of methoxy groups -OCH3 is 1. The third kappa shape index (κ3) is 5.11. The van der Waals surface area contributed by atoms with E-state index in [-0.39, 0.29) is 27.6 Å². The second kappa shape index (κ2) is 9.19. The molecule has 0 radical (unpaired) electrons. The quantitative estimate of drug-likeness (QED) is 0.556. The molecule has 3 aromatic rings. The molecule has 0 aromatic heterocycles. The Bertz CT molecular complexity index is 1130. The first-order valence-electron chi connectivity index (χ1n) is 9.12. The average Bonchev–Trinajstić information content (AvgIpc) is 2.75. The third-order valence-electron chi connectivity index (χ3n) is 4.49. The molecule has 30 heavy (non-hydrogen) atoms. The van der Waals surface area contributed by atoms with E-state index in [9.17, 15) is 13.2 Å². The second-order valence-corrected chi connectivity index (χ2v) is 8.67. The fraction of sp³-hybridized carbons (Fsp3) is 0.136. The zero-order valence-corrected chi connectivity index (χ0v) is 18.0. The molecule has 1 atom stereocenters. The van der Waals surface area contributed by atoms with E-state index in [0.717, 1.165) is 11.3 Å². The van der Waals surface area contributed by atoms with Gasteiger partial charge < -0.3 is 10.1 Å². The normalized spacial score (nSPS) is 12.1. The number of sulfonamides is 1. The van der Waals surface area contributed by atoms with Crippen molar-refractivity contribution in [3.63, 3.8) is 0 Å². The highest BCUT2D eigenvalue weighted by atomic mass is 35.5. The largest absolute Gasteiger partial charge is 0.497 e. The van der Waals surface area contributed by atoms with E-state index in [1.165, 1.54) is 30.3 Å². The van der Waals surface area contributed by atoms with Gasteiger partial charge in [-0.15, -0.1) is 0 Å². The van der Waals surface area contributed by atoms with Gasteiger partial charge in [-0.2, -0.15) is 0 Å². The highest BCUT2D eigenvalue weighted by molar-refractivity contribution is 7.92. The summed E-state index contributed by atoms with van der Waals surface area (Å²) in [5.41, 5.74) is 1.44. The maximum absolute atomic E-state index is 12.6. The van der Waals surface area contributed by atoms with Gasteiger partial charge in [-0.1, -0.05) is 41.9 Å². The fourth-order valence-corrected chi connectivity index (χ4v) is 4.18. The summed E-state index contributed by atoms with van der Waals surface area (Å²) in [5.74, 6) is 0.412. The van der Waals surface area contributed by atoms with Crippen molar-refractivity contribution in [2.24, 2.45) is 0 Å². The summed E-state index contributed by atoms with van der Waals surface area (Å²) >= 11 is 6.23. The number of hydrogen-bond donors (Lipinski definition) is 2. The number of amides is 1. The number of halogens is 1. The standard InChI is InChI=1S/C22H21ClN2O4S/c1-15(16-8-11-18(29-2)12-9-16)24-22(26)17-10-13-21(20(23)14-17)25-30(27,28)19-6-4-3-5-7-19/h3-15,25H,1-2H3,(H,24,26)/t15-/m0/s1. The van der Waals surface area contributed by atoms with Crippen molar-refractivity contribution < 1.29 is 17.9 Å². The van der Waals surface area contributed by atoms with Crippen LogP contribution in [0.1, 0.15) is 28.9 Å². The predicted molar refractivity (Wildman–Crippen MR) is 118 cm³/mol. The summed E-state index contributed by atoms with van der Waals surface area (Å²) in [5, 5.41) is 3.02. The third-order valence-corrected chi connectivity index (χ3v) is 6.19. The Kier molecular flexibility index (Phi) is 6.64. The summed E-state index contributed by atoms with van der Waals surface area (Å²) in [6.07, 6.45) is 0. The Morgan fingerprint density at radius 1 is 1.00 bits per heavy atom. The summed E-state index contributed by atoms with van der Waals surface area (Å²) in [4.78, 5) is 12.7. The van der Waals surface area contributed by atoms with Crippen molar-refractivity contribution >= 4 is 33.2 Å². The SMILES string of the molecule is COc1ccc([C@H](C)NC(=O)c2ccc(NS(=O)(=O)c3ccccc3)c(Cl)c2)cc1. The van der Waals surface area contributed by atoms with Gasteiger partial charge >= 0.3 is 0 Å². The summed E-state index contributed by atoms with van der Waals surface area (Å²) in [6, 6.07) is 19.5. The van der Waals surface area contributed by atoms with E-state index >= 15 is 0 Å². The number of benzene rings is 3. The number of rotatable bonds is 7. The van der Waals surface area contributed by atoms with E-state index in [4.69, 9.17) is 16.3 Å². The van der Waals surface area contributed by atoms with Crippen LogP contribution in [-0.4, -0.2) is 21.4 Å². The minimum atomic E-state index is -3.77. The summed E-state index contributed by atoms with van der Waals surface area (Å²) in [6.45, 7) is 1.86. The van der Waals surface area contributed by atoms with E-state index in [0.29, 0.717) is 5.56 Å². The molecule has 0 unspecified atom stereocenters. The van der Waals surface area contributed by atoms with Crippen LogP contribution in [0, 0.1) is 0 Å². The number of carbonyl (C=O) groups is 1. The zero-order chi connectivity index (χ0) is 21.7. The monoisotopic (exact) mass is 444 g/mol. The molecule has 2 N–H and O–H groups in total. The molecule has 0 bridgehead atoms. The van der Waals surface area contributed by atoms with Crippen LogP contribution in [0.5, 0.6) is 5.75 Å². The van der Waals surface area contributed by atoms with Crippen molar-refractivity contribution in [1.29, 1.82) is 0 Å². The number of ether oxygens (including phenoxy) is 1. The molecule has 8 heteroatoms. The highest BCUT2D eigenvalue weighted by Crippen LogP contribution is 2.26. The van der Waals surface area contributed by atoms with Gasteiger partial charge in [-0.3, -0.25) is 9.52 Å². The number of carbonyl (C=O) groups excluding carboxylic acids is 1. The Hall–Kier alpha value is -3.03. The average molecular weight is 445 g/mol. The van der Waals surface area contributed by atoms with E-state index in [2.05, 4.69) is 10.0 Å². The summed E-state index contributed by atoms with van der Waals surface area (Å²) < 4.78 is 32.5. The number of nitrogens with one attached hydrogen (secondary N) is 2. The van der Waals surface area contributed by atoms with E-state index in [1.54, 1.807) is 25.3 Å². The van der Waals surface area contributed by atoms with Gasteiger partial charge in [0.25, 0.3) is 15.9 Å². The van der Waals surface area contributed by atoms with Gasteiger partial charge in [0.15, 0.2) is 0 Å². The molecule has 0 saturated carbocycles. The Labute approximate surface area is 180 Å². The lowest BCUT2D eigenvalue weighted by Crippen LogP contribution is -2.26. The van der Waals surface area contributed by atoms with Crippen molar-refractivity contribution in [2.75, 3.05) is 11.8 Å². The Balaban J connectivity index is 1.71. The van der Waals surface area contributed by atoms with Gasteiger partial charge in [0.1, 0.15) is 5.75 Å². The maximum Gasteiger partial charge on any atom is 0.261 e. The first-order chi connectivity index (χ1) is 14.3. The van der Waals surface area contributed by atoms with Gasteiger partial charge in [-0.25, -0.2) is 8.42 Å². The Morgan fingerprint density at radius 2 is 1.67 bits per heavy atom. The van der Waals surface area contributed by atoms with Gasteiger partial charge in [-0.05, 0) is 55.0 Å². The van der Waals surface area contributed by atoms with Crippen molar-refractivity contribution in [1.82, 2.24) is 5.32 Å². The first-order valence-corrected chi connectivity index (χ1v) is 11.0. The number of hydrogen-bond acceptors (Lipinski definition) is 4. The molecule has 0 aliphatic rings. The lowest BCUT2D eigenvalue weighted by atomic mass is 10.1. The van der Waals surface area contributed by atoms with Crippen LogP contribution in [0.3, 0.4) is 0 Å². The molecule has 0 saturated heterocycles. The van der Waals surface area contributed by atoms with Crippen molar-refractivity contribution in [3.8, 4) is 5.75 Å². The minimum absolute atomic E-state index is 0.121. The molecule has 0 fully saturated rings. The van der Waals surface area contributed by atoms with Gasteiger partial charge in [0, 0.05) is 5.56 Å². The highest BCUT2D eigenvalue weighted by Gasteiger charge is 2.17. The summed E-state index contributed by atoms with van der Waals surface area (Å²) in [7, 11) is -2.18. The zero-order valence-electron chi connectivity index (χ0n) is 16.4. The molecule has 156 valence electrons. The Morgan fingerprint density at radius 3 is 2.27 bits per heavy atom. The molecule has 6 nitrogen and oxygen atoms in total. The van der Waals surface area contributed by atoms with Crippen LogP contribution in [0.15, 0.2) is 77.7 Å². The fourth-order valence-electron chi connectivity index (χ4n) is 2.80. The molecular weight excluding hydrogens is 424 g/mol. The molecule has 0 spiro atoms. The topological polar surface area (TPSA) is 84.5 Å². The molecule has 3 aromatic carbocycles. The molecule has 0 aliphatic carbocycles. The number of anilines is 1. The van der Waals surface area contributed by atoms with Gasteiger partial charge in [0.05, 0.1) is 28.8 Å². The molecule has 3 rings (SSSR count). The van der Waals surface area contributed by atoms with Crippen LogP contribution in [0.4, 0.5) is 5.69 Å².